The molecule has 1 atom stereocenters. The molecule has 3 nitrogen and oxygen atoms in total. The number of carbonyl (C=O) groups excluding carboxylic acids is 1. The molecule has 0 fully saturated rings. The van der Waals surface area contributed by atoms with Gasteiger partial charge in [-0.05, 0) is 86.4 Å². The average Bonchev–Trinajstić information content (AvgIpc) is 2.63. The SMILES string of the molecule is Cc1cc(OCC(=O)NC(C)c2ccc3c(c2)CCCC3)cc(C)c1Br. The fourth-order valence-electron chi connectivity index (χ4n) is 3.53. The van der Waals surface area contributed by atoms with E-state index in [2.05, 4.69) is 39.4 Å². The lowest BCUT2D eigenvalue weighted by atomic mass is 9.89. The molecule has 0 radical (unpaired) electrons. The second-order valence-corrected chi connectivity index (χ2v) is 7.98. The molecule has 1 aliphatic rings. The highest BCUT2D eigenvalue weighted by Gasteiger charge is 2.14. The molecule has 138 valence electrons. The predicted molar refractivity (Wildman–Crippen MR) is 109 cm³/mol. The first-order valence-electron chi connectivity index (χ1n) is 9.24. The van der Waals surface area contributed by atoms with E-state index in [1.807, 2.05) is 32.9 Å². The Hall–Kier alpha value is -1.81. The van der Waals surface area contributed by atoms with Crippen molar-refractivity contribution >= 4 is 21.8 Å². The van der Waals surface area contributed by atoms with Crippen molar-refractivity contribution in [2.45, 2.75) is 52.5 Å². The maximum absolute atomic E-state index is 12.3. The summed E-state index contributed by atoms with van der Waals surface area (Å²) in [5.74, 6) is 0.619. The van der Waals surface area contributed by atoms with Crippen LogP contribution in [0.2, 0.25) is 0 Å². The van der Waals surface area contributed by atoms with E-state index in [9.17, 15) is 4.79 Å². The smallest absolute Gasteiger partial charge is 0.258 e. The number of rotatable bonds is 5. The number of aryl methyl sites for hydroxylation is 4. The molecule has 4 heteroatoms. The highest BCUT2D eigenvalue weighted by Crippen LogP contribution is 2.27. The highest BCUT2D eigenvalue weighted by atomic mass is 79.9. The molecule has 1 N–H and O–H groups in total. The van der Waals surface area contributed by atoms with Crippen molar-refractivity contribution < 1.29 is 9.53 Å². The zero-order valence-corrected chi connectivity index (χ0v) is 17.3. The normalized spacial score (nSPS) is 14.5. The maximum Gasteiger partial charge on any atom is 0.258 e. The second kappa shape index (κ2) is 8.26. The summed E-state index contributed by atoms with van der Waals surface area (Å²) in [6.45, 7) is 6.08. The van der Waals surface area contributed by atoms with Gasteiger partial charge in [-0.2, -0.15) is 0 Å². The van der Waals surface area contributed by atoms with Crippen LogP contribution in [0.25, 0.3) is 0 Å². The van der Waals surface area contributed by atoms with Crippen molar-refractivity contribution in [2.24, 2.45) is 0 Å². The summed E-state index contributed by atoms with van der Waals surface area (Å²) < 4.78 is 6.76. The molecule has 0 saturated carbocycles. The van der Waals surface area contributed by atoms with Gasteiger partial charge in [0.2, 0.25) is 0 Å². The number of amides is 1. The number of benzene rings is 2. The van der Waals surface area contributed by atoms with Crippen LogP contribution in [0, 0.1) is 13.8 Å². The van der Waals surface area contributed by atoms with Gasteiger partial charge in [0, 0.05) is 4.47 Å². The van der Waals surface area contributed by atoms with Crippen LogP contribution in [0.4, 0.5) is 0 Å². The lowest BCUT2D eigenvalue weighted by molar-refractivity contribution is -0.123. The predicted octanol–water partition coefficient (Wildman–Crippen LogP) is 5.20. The van der Waals surface area contributed by atoms with Gasteiger partial charge in [-0.1, -0.05) is 34.1 Å². The number of carbonyl (C=O) groups is 1. The van der Waals surface area contributed by atoms with Gasteiger partial charge in [0.05, 0.1) is 6.04 Å². The Morgan fingerprint density at radius 2 is 1.77 bits per heavy atom. The van der Waals surface area contributed by atoms with E-state index in [4.69, 9.17) is 4.74 Å². The van der Waals surface area contributed by atoms with Crippen molar-refractivity contribution in [2.75, 3.05) is 6.61 Å². The van der Waals surface area contributed by atoms with E-state index in [0.29, 0.717) is 0 Å². The molecule has 26 heavy (non-hydrogen) atoms. The summed E-state index contributed by atoms with van der Waals surface area (Å²) in [6, 6.07) is 10.5. The van der Waals surface area contributed by atoms with Crippen LogP contribution >= 0.6 is 15.9 Å². The molecular weight excluding hydrogens is 390 g/mol. The molecule has 2 aromatic carbocycles. The van der Waals surface area contributed by atoms with Crippen molar-refractivity contribution in [1.82, 2.24) is 5.32 Å². The van der Waals surface area contributed by atoms with E-state index < -0.39 is 0 Å². The number of fused-ring (bicyclic) bond motifs is 1. The Morgan fingerprint density at radius 1 is 1.12 bits per heavy atom. The Morgan fingerprint density at radius 3 is 2.46 bits per heavy atom. The van der Waals surface area contributed by atoms with Crippen LogP contribution in [0.15, 0.2) is 34.8 Å². The molecule has 3 rings (SSSR count). The van der Waals surface area contributed by atoms with Gasteiger partial charge in [0.25, 0.3) is 5.91 Å². The van der Waals surface area contributed by atoms with Crippen LogP contribution < -0.4 is 10.1 Å². The minimum Gasteiger partial charge on any atom is -0.484 e. The molecule has 0 bridgehead atoms. The molecule has 0 heterocycles. The van der Waals surface area contributed by atoms with Crippen LogP contribution in [0.3, 0.4) is 0 Å². The van der Waals surface area contributed by atoms with Crippen LogP contribution in [-0.4, -0.2) is 12.5 Å². The Bertz CT molecular complexity index is 793. The molecular formula is C22H26BrNO2. The zero-order chi connectivity index (χ0) is 18.7. The lowest BCUT2D eigenvalue weighted by Gasteiger charge is -2.20. The average molecular weight is 416 g/mol. The first-order valence-corrected chi connectivity index (χ1v) is 10.0. The van der Waals surface area contributed by atoms with E-state index in [1.165, 1.54) is 30.4 Å². The third kappa shape index (κ3) is 4.47. The highest BCUT2D eigenvalue weighted by molar-refractivity contribution is 9.10. The van der Waals surface area contributed by atoms with E-state index in [0.717, 1.165) is 33.3 Å². The lowest BCUT2D eigenvalue weighted by Crippen LogP contribution is -2.31. The van der Waals surface area contributed by atoms with Crippen molar-refractivity contribution in [3.8, 4) is 5.75 Å². The zero-order valence-electron chi connectivity index (χ0n) is 15.7. The van der Waals surface area contributed by atoms with E-state index in [-0.39, 0.29) is 18.6 Å². The topological polar surface area (TPSA) is 38.3 Å². The molecule has 0 aromatic heterocycles. The molecule has 1 aliphatic carbocycles. The molecule has 0 saturated heterocycles. The third-order valence-corrected chi connectivity index (χ3v) is 6.28. The third-order valence-electron chi connectivity index (χ3n) is 5.03. The first kappa shape index (κ1) is 19.0. The van der Waals surface area contributed by atoms with Gasteiger partial charge >= 0.3 is 0 Å². The monoisotopic (exact) mass is 415 g/mol. The van der Waals surface area contributed by atoms with Gasteiger partial charge in [-0.25, -0.2) is 0 Å². The van der Waals surface area contributed by atoms with Gasteiger partial charge in [-0.15, -0.1) is 0 Å². The standard InChI is InChI=1S/C22H26BrNO2/c1-14-10-20(11-15(2)22(14)23)26-13-21(25)24-16(3)18-9-8-17-6-4-5-7-19(17)12-18/h8-12,16H,4-7,13H2,1-3H3,(H,24,25). The van der Waals surface area contributed by atoms with Crippen molar-refractivity contribution in [3.63, 3.8) is 0 Å². The van der Waals surface area contributed by atoms with Gasteiger partial charge < -0.3 is 10.1 Å². The van der Waals surface area contributed by atoms with Crippen molar-refractivity contribution in [3.05, 3.63) is 62.6 Å². The Kier molecular flexibility index (Phi) is 6.02. The Balaban J connectivity index is 1.58. The van der Waals surface area contributed by atoms with Gasteiger partial charge in [-0.3, -0.25) is 4.79 Å². The minimum absolute atomic E-state index is 0.0216. The summed E-state index contributed by atoms with van der Waals surface area (Å²) in [6.07, 6.45) is 4.87. The van der Waals surface area contributed by atoms with Crippen LogP contribution in [0.1, 0.15) is 53.6 Å². The van der Waals surface area contributed by atoms with E-state index >= 15 is 0 Å². The van der Waals surface area contributed by atoms with Crippen LogP contribution in [0.5, 0.6) is 5.75 Å². The minimum atomic E-state index is -0.103. The summed E-state index contributed by atoms with van der Waals surface area (Å²) in [4.78, 5) is 12.3. The largest absolute Gasteiger partial charge is 0.484 e. The van der Waals surface area contributed by atoms with Gasteiger partial charge in [0.15, 0.2) is 6.61 Å². The molecule has 1 amide bonds. The Labute approximate surface area is 164 Å². The fraction of sp³-hybridized carbons (Fsp3) is 0.409. The molecule has 0 spiro atoms. The molecule has 2 aromatic rings. The molecule has 1 unspecified atom stereocenters. The number of halogens is 1. The molecule has 0 aliphatic heterocycles. The number of nitrogens with one attached hydrogen (secondary N) is 1. The quantitative estimate of drug-likeness (QED) is 0.728. The first-order chi connectivity index (χ1) is 12.4. The number of ether oxygens (including phenoxy) is 1. The van der Waals surface area contributed by atoms with Crippen molar-refractivity contribution in [1.29, 1.82) is 0 Å². The summed E-state index contributed by atoms with van der Waals surface area (Å²) in [7, 11) is 0. The summed E-state index contributed by atoms with van der Waals surface area (Å²) >= 11 is 3.54. The maximum atomic E-state index is 12.3. The van der Waals surface area contributed by atoms with Crippen LogP contribution in [-0.2, 0) is 17.6 Å². The van der Waals surface area contributed by atoms with E-state index in [1.54, 1.807) is 0 Å². The number of hydrogen-bond donors (Lipinski definition) is 1. The second-order valence-electron chi connectivity index (χ2n) is 7.18. The summed E-state index contributed by atoms with van der Waals surface area (Å²) in [5, 5.41) is 3.04. The fourth-order valence-corrected chi connectivity index (χ4v) is 3.76. The number of hydrogen-bond acceptors (Lipinski definition) is 2. The van der Waals surface area contributed by atoms with Gasteiger partial charge in [0.1, 0.15) is 5.75 Å². The summed E-state index contributed by atoms with van der Waals surface area (Å²) in [5.41, 5.74) is 6.26.